The molecule has 0 atom stereocenters. The Bertz CT molecular complexity index is 391. The summed E-state index contributed by atoms with van der Waals surface area (Å²) in [6.45, 7) is 6.30. The Kier molecular flexibility index (Phi) is 7.50. The van der Waals surface area contributed by atoms with Crippen molar-refractivity contribution in [3.05, 3.63) is 24.3 Å². The van der Waals surface area contributed by atoms with Crippen molar-refractivity contribution in [1.82, 2.24) is 10.6 Å². The summed E-state index contributed by atoms with van der Waals surface area (Å²) in [4.78, 5) is 11.4. The largest absolute Gasteiger partial charge is 0.497 e. The summed E-state index contributed by atoms with van der Waals surface area (Å²) in [5, 5.41) is 5.89. The van der Waals surface area contributed by atoms with Crippen LogP contribution in [0.4, 0.5) is 0 Å². The number of carbonyl (C=O) groups excluding carboxylic acids is 1. The van der Waals surface area contributed by atoms with E-state index >= 15 is 0 Å². The zero-order valence-corrected chi connectivity index (χ0v) is 12.4. The summed E-state index contributed by atoms with van der Waals surface area (Å²) in [6.07, 6.45) is 0. The average Bonchev–Trinajstić information content (AvgIpc) is 2.45. The number of hydrogen-bond acceptors (Lipinski definition) is 4. The van der Waals surface area contributed by atoms with Gasteiger partial charge in [0.2, 0.25) is 5.91 Å². The molecular formula is C15H24N2O3. The number of methoxy groups -OCH3 is 1. The molecule has 0 fully saturated rings. The maximum Gasteiger partial charge on any atom is 0.233 e. The number of nitrogens with one attached hydrogen (secondary N) is 2. The van der Waals surface area contributed by atoms with Crippen molar-refractivity contribution in [1.29, 1.82) is 0 Å². The summed E-state index contributed by atoms with van der Waals surface area (Å²) in [7, 11) is 1.63. The van der Waals surface area contributed by atoms with Crippen LogP contribution in [0, 0.1) is 5.92 Å². The molecule has 0 saturated carbocycles. The Hall–Kier alpha value is -1.75. The van der Waals surface area contributed by atoms with Crippen LogP contribution >= 0.6 is 0 Å². The highest BCUT2D eigenvalue weighted by molar-refractivity contribution is 5.77. The first-order valence-electron chi connectivity index (χ1n) is 6.86. The van der Waals surface area contributed by atoms with E-state index in [0.29, 0.717) is 32.2 Å². The summed E-state index contributed by atoms with van der Waals surface area (Å²) in [6, 6.07) is 7.41. The maximum atomic E-state index is 11.4. The second-order valence-electron chi connectivity index (χ2n) is 4.90. The van der Waals surface area contributed by atoms with E-state index in [9.17, 15) is 4.79 Å². The molecule has 5 heteroatoms. The van der Waals surface area contributed by atoms with Crippen LogP contribution in [0.15, 0.2) is 24.3 Å². The maximum absolute atomic E-state index is 11.4. The Morgan fingerprint density at radius 1 is 1.20 bits per heavy atom. The second-order valence-corrected chi connectivity index (χ2v) is 4.90. The van der Waals surface area contributed by atoms with Gasteiger partial charge in [0, 0.05) is 13.1 Å². The molecule has 112 valence electrons. The molecule has 1 aromatic rings. The molecule has 5 nitrogen and oxygen atoms in total. The number of carbonyl (C=O) groups is 1. The van der Waals surface area contributed by atoms with Gasteiger partial charge in [-0.05, 0) is 30.2 Å². The van der Waals surface area contributed by atoms with E-state index in [1.807, 2.05) is 24.3 Å². The topological polar surface area (TPSA) is 59.6 Å². The van der Waals surface area contributed by atoms with Crippen LogP contribution in [0.1, 0.15) is 13.8 Å². The lowest BCUT2D eigenvalue weighted by Crippen LogP contribution is -2.37. The lowest BCUT2D eigenvalue weighted by atomic mass is 10.2. The predicted octanol–water partition coefficient (Wildman–Crippen LogP) is 1.44. The minimum Gasteiger partial charge on any atom is -0.497 e. The molecule has 0 heterocycles. The van der Waals surface area contributed by atoms with Gasteiger partial charge in [0.05, 0.1) is 13.7 Å². The van der Waals surface area contributed by atoms with Crippen molar-refractivity contribution < 1.29 is 14.3 Å². The monoisotopic (exact) mass is 280 g/mol. The number of hydrogen-bond donors (Lipinski definition) is 2. The highest BCUT2D eigenvalue weighted by atomic mass is 16.5. The molecule has 1 aromatic carbocycles. The van der Waals surface area contributed by atoms with Crippen molar-refractivity contribution >= 4 is 5.91 Å². The van der Waals surface area contributed by atoms with Gasteiger partial charge in [-0.1, -0.05) is 13.8 Å². The van der Waals surface area contributed by atoms with Gasteiger partial charge < -0.3 is 20.1 Å². The van der Waals surface area contributed by atoms with E-state index < -0.39 is 0 Å². The standard InChI is InChI=1S/C15H24N2O3/c1-12(2)10-17-15(18)11-16-8-9-20-14-6-4-13(19-3)5-7-14/h4-7,12,16H,8-11H2,1-3H3,(H,17,18). The Labute approximate surface area is 120 Å². The fourth-order valence-electron chi connectivity index (χ4n) is 1.50. The third kappa shape index (κ3) is 6.99. The third-order valence-corrected chi connectivity index (χ3v) is 2.60. The normalized spacial score (nSPS) is 10.4. The third-order valence-electron chi connectivity index (χ3n) is 2.60. The van der Waals surface area contributed by atoms with Crippen LogP contribution in [-0.2, 0) is 4.79 Å². The number of benzene rings is 1. The first-order chi connectivity index (χ1) is 9.61. The summed E-state index contributed by atoms with van der Waals surface area (Å²) in [5.74, 6) is 2.08. The van der Waals surface area contributed by atoms with Crippen LogP contribution in [0.2, 0.25) is 0 Å². The van der Waals surface area contributed by atoms with Gasteiger partial charge in [-0.2, -0.15) is 0 Å². The van der Waals surface area contributed by atoms with E-state index in [1.165, 1.54) is 0 Å². The van der Waals surface area contributed by atoms with Crippen LogP contribution in [0.5, 0.6) is 11.5 Å². The molecule has 0 saturated heterocycles. The molecule has 0 bridgehead atoms. The number of amides is 1. The molecular weight excluding hydrogens is 256 g/mol. The molecule has 0 spiro atoms. The summed E-state index contributed by atoms with van der Waals surface area (Å²) in [5.41, 5.74) is 0. The highest BCUT2D eigenvalue weighted by Gasteiger charge is 2.01. The van der Waals surface area contributed by atoms with E-state index in [0.717, 1.165) is 11.5 Å². The van der Waals surface area contributed by atoms with Crippen LogP contribution in [0.3, 0.4) is 0 Å². The lowest BCUT2D eigenvalue weighted by molar-refractivity contribution is -0.120. The molecule has 2 N–H and O–H groups in total. The SMILES string of the molecule is COc1ccc(OCCNCC(=O)NCC(C)C)cc1. The van der Waals surface area contributed by atoms with Crippen molar-refractivity contribution in [3.8, 4) is 11.5 Å². The van der Waals surface area contributed by atoms with Gasteiger partial charge in [0.15, 0.2) is 0 Å². The number of rotatable bonds is 9. The zero-order chi connectivity index (χ0) is 14.8. The van der Waals surface area contributed by atoms with E-state index in [2.05, 4.69) is 24.5 Å². The molecule has 1 amide bonds. The molecule has 0 aliphatic heterocycles. The van der Waals surface area contributed by atoms with Crippen LogP contribution in [-0.4, -0.2) is 39.3 Å². The van der Waals surface area contributed by atoms with Gasteiger partial charge in [-0.3, -0.25) is 4.79 Å². The Morgan fingerprint density at radius 2 is 1.85 bits per heavy atom. The minimum absolute atomic E-state index is 0.0168. The van der Waals surface area contributed by atoms with Crippen LogP contribution in [0.25, 0.3) is 0 Å². The van der Waals surface area contributed by atoms with E-state index in [1.54, 1.807) is 7.11 Å². The van der Waals surface area contributed by atoms with Crippen LogP contribution < -0.4 is 20.1 Å². The molecule has 0 aliphatic carbocycles. The minimum atomic E-state index is 0.0168. The molecule has 0 radical (unpaired) electrons. The van der Waals surface area contributed by atoms with Crippen molar-refractivity contribution in [2.75, 3.05) is 33.4 Å². The van der Waals surface area contributed by atoms with Crippen molar-refractivity contribution in [3.63, 3.8) is 0 Å². The molecule has 0 aliphatic rings. The van der Waals surface area contributed by atoms with Crippen molar-refractivity contribution in [2.45, 2.75) is 13.8 Å². The first-order valence-corrected chi connectivity index (χ1v) is 6.86. The molecule has 1 rings (SSSR count). The fourth-order valence-corrected chi connectivity index (χ4v) is 1.50. The Morgan fingerprint density at radius 3 is 2.45 bits per heavy atom. The highest BCUT2D eigenvalue weighted by Crippen LogP contribution is 2.16. The molecule has 0 unspecified atom stereocenters. The Balaban J connectivity index is 2.08. The van der Waals surface area contributed by atoms with Gasteiger partial charge in [0.1, 0.15) is 18.1 Å². The van der Waals surface area contributed by atoms with Gasteiger partial charge in [-0.25, -0.2) is 0 Å². The van der Waals surface area contributed by atoms with Gasteiger partial charge in [0.25, 0.3) is 0 Å². The molecule has 0 aromatic heterocycles. The zero-order valence-electron chi connectivity index (χ0n) is 12.4. The van der Waals surface area contributed by atoms with Gasteiger partial charge in [-0.15, -0.1) is 0 Å². The molecule has 20 heavy (non-hydrogen) atoms. The van der Waals surface area contributed by atoms with Gasteiger partial charge >= 0.3 is 0 Å². The second kappa shape index (κ2) is 9.20. The summed E-state index contributed by atoms with van der Waals surface area (Å²) < 4.78 is 10.6. The first kappa shape index (κ1) is 16.3. The lowest BCUT2D eigenvalue weighted by Gasteiger charge is -2.09. The van der Waals surface area contributed by atoms with E-state index in [-0.39, 0.29) is 5.91 Å². The summed E-state index contributed by atoms with van der Waals surface area (Å²) >= 11 is 0. The number of ether oxygens (including phenoxy) is 2. The quantitative estimate of drug-likeness (QED) is 0.672. The fraction of sp³-hybridized carbons (Fsp3) is 0.533. The average molecular weight is 280 g/mol. The predicted molar refractivity (Wildman–Crippen MR) is 79.2 cm³/mol. The van der Waals surface area contributed by atoms with E-state index in [4.69, 9.17) is 9.47 Å². The smallest absolute Gasteiger partial charge is 0.233 e. The van der Waals surface area contributed by atoms with Crippen molar-refractivity contribution in [2.24, 2.45) is 5.92 Å².